The summed E-state index contributed by atoms with van der Waals surface area (Å²) in [5, 5.41) is -0.944. The first-order valence-corrected chi connectivity index (χ1v) is 11.3. The van der Waals surface area contributed by atoms with E-state index in [9.17, 15) is 14.4 Å². The van der Waals surface area contributed by atoms with Crippen molar-refractivity contribution in [1.29, 1.82) is 0 Å². The second kappa shape index (κ2) is 5.71. The van der Waals surface area contributed by atoms with E-state index < -0.39 is 10.6 Å². The van der Waals surface area contributed by atoms with Gasteiger partial charge in [-0.15, -0.1) is 0 Å². The molecule has 0 radical (unpaired) electrons. The molecular formula is C19H31B7O3. The quantitative estimate of drug-likeness (QED) is 0.404. The van der Waals surface area contributed by atoms with Crippen LogP contribution in [-0.2, 0) is 14.4 Å². The van der Waals surface area contributed by atoms with Crippen molar-refractivity contribution >= 4 is 72.3 Å². The molecule has 0 amide bonds. The van der Waals surface area contributed by atoms with Crippen LogP contribution < -0.4 is 0 Å². The van der Waals surface area contributed by atoms with Crippen molar-refractivity contribution in [2.75, 3.05) is 0 Å². The van der Waals surface area contributed by atoms with Crippen molar-refractivity contribution in [3.05, 3.63) is 11.0 Å². The minimum atomic E-state index is -0.523. The van der Waals surface area contributed by atoms with Crippen molar-refractivity contribution in [1.82, 2.24) is 0 Å². The van der Waals surface area contributed by atoms with E-state index in [1.165, 1.54) is 5.57 Å². The lowest BCUT2D eigenvalue weighted by atomic mass is 9.28. The van der Waals surface area contributed by atoms with Crippen LogP contribution in [0.4, 0.5) is 0 Å². The number of allylic oxidation sites excluding steroid dienone is 1. The fraction of sp³-hybridized carbons (Fsp3) is 0.737. The first-order valence-electron chi connectivity index (χ1n) is 11.3. The van der Waals surface area contributed by atoms with Crippen LogP contribution in [0.3, 0.4) is 0 Å². The molecule has 3 fully saturated rings. The van der Waals surface area contributed by atoms with Crippen LogP contribution in [-0.4, -0.2) is 72.3 Å². The molecule has 0 spiro atoms. The maximum atomic E-state index is 13.7. The van der Waals surface area contributed by atoms with Gasteiger partial charge in [-0.05, 0) is 39.6 Å². The summed E-state index contributed by atoms with van der Waals surface area (Å²) in [6.45, 7) is 4.31. The maximum absolute atomic E-state index is 13.7. The highest BCUT2D eigenvalue weighted by atomic mass is 16.1. The minimum Gasteiger partial charge on any atom is -0.300 e. The Morgan fingerprint density at radius 2 is 1.41 bits per heavy atom. The number of fused-ring (bicyclic) bond motifs is 5. The molecule has 4 aliphatic carbocycles. The number of hydrogen-bond acceptors (Lipinski definition) is 3. The Morgan fingerprint density at radius 3 is 2.00 bits per heavy atom. The van der Waals surface area contributed by atoms with Gasteiger partial charge in [-0.3, -0.25) is 9.59 Å². The van der Waals surface area contributed by atoms with Gasteiger partial charge in [0.05, 0.1) is 0 Å². The SMILES string of the molecule is BC1=C2C(B)(B)CC3C4CC(B)(B)C(=O)C4(C)CC(=O)C3C2(C)CC(B)(B)C1=O. The van der Waals surface area contributed by atoms with Crippen LogP contribution in [0.5, 0.6) is 0 Å². The highest BCUT2D eigenvalue weighted by Gasteiger charge is 2.68. The number of rotatable bonds is 0. The van der Waals surface area contributed by atoms with Crippen molar-refractivity contribution in [3.63, 3.8) is 0 Å². The van der Waals surface area contributed by atoms with Gasteiger partial charge in [0.15, 0.2) is 0 Å². The number of Topliss-reactive ketones (excluding diaryl/α,β-unsaturated/α-hetero) is 3. The molecule has 146 valence electrons. The summed E-state index contributed by atoms with van der Waals surface area (Å²) >= 11 is 0. The first kappa shape index (κ1) is 21.4. The van der Waals surface area contributed by atoms with E-state index in [2.05, 4.69) is 45.2 Å². The van der Waals surface area contributed by atoms with Crippen LogP contribution in [0.25, 0.3) is 0 Å². The van der Waals surface area contributed by atoms with Gasteiger partial charge in [0, 0.05) is 17.8 Å². The third-order valence-electron chi connectivity index (χ3n) is 9.34. The molecule has 0 bridgehead atoms. The molecule has 3 saturated carbocycles. The molecule has 5 unspecified atom stereocenters. The van der Waals surface area contributed by atoms with Crippen molar-refractivity contribution in [2.45, 2.75) is 55.2 Å². The molecule has 0 aromatic heterocycles. The molecule has 10 heteroatoms. The summed E-state index contributed by atoms with van der Waals surface area (Å²) in [5.74, 6) is 1.17. The summed E-state index contributed by atoms with van der Waals surface area (Å²) in [6.07, 6.45) is 2.87. The van der Waals surface area contributed by atoms with Crippen LogP contribution in [0.15, 0.2) is 11.0 Å². The monoisotopic (exact) mass is 384 g/mol. The fourth-order valence-corrected chi connectivity index (χ4v) is 9.05. The van der Waals surface area contributed by atoms with Crippen LogP contribution >= 0.6 is 0 Å². The van der Waals surface area contributed by atoms with Gasteiger partial charge in [-0.2, -0.15) is 0 Å². The smallest absolute Gasteiger partial charge is 0.143 e. The minimum absolute atomic E-state index is 0.0763. The number of carbonyl (C=O) groups excluding carboxylic acids is 3. The average Bonchev–Trinajstić information content (AvgIpc) is 2.71. The van der Waals surface area contributed by atoms with Crippen molar-refractivity contribution < 1.29 is 14.4 Å². The normalized spacial score (nSPS) is 44.8. The molecule has 0 N–H and O–H groups in total. The number of carbonyl (C=O) groups is 3. The summed E-state index contributed by atoms with van der Waals surface area (Å²) in [7, 11) is 14.7. The zero-order valence-electron chi connectivity index (χ0n) is 19.8. The highest BCUT2D eigenvalue weighted by molar-refractivity contribution is 6.59. The Kier molecular flexibility index (Phi) is 4.22. The van der Waals surface area contributed by atoms with E-state index in [-0.39, 0.29) is 50.9 Å². The lowest BCUT2D eigenvalue weighted by Crippen LogP contribution is -2.60. The summed E-state index contributed by atoms with van der Waals surface area (Å²) in [4.78, 5) is 40.2. The Labute approximate surface area is 181 Å². The third kappa shape index (κ3) is 2.56. The Morgan fingerprint density at radius 1 is 0.828 bits per heavy atom. The van der Waals surface area contributed by atoms with Gasteiger partial charge in [0.2, 0.25) is 0 Å². The van der Waals surface area contributed by atoms with Gasteiger partial charge in [-0.1, -0.05) is 37.5 Å². The first-order chi connectivity index (χ1) is 13.0. The zero-order chi connectivity index (χ0) is 21.9. The standard InChI is InChI=1S/C19H31B7O3/c1-15-5-9(27)10-7(8(15)4-18(23,24)14(15)29)3-17(21,22)12-11(20)13(28)19(25,26)6-16(10,12)2/h7-8,10H,3-6,20-26H2,1-2H3. The van der Waals surface area contributed by atoms with Crippen LogP contribution in [0.2, 0.25) is 15.6 Å². The van der Waals surface area contributed by atoms with E-state index in [0.717, 1.165) is 24.7 Å². The Balaban J connectivity index is 1.92. The van der Waals surface area contributed by atoms with Crippen molar-refractivity contribution in [3.8, 4) is 0 Å². The number of ketones is 3. The molecule has 4 aliphatic rings. The van der Waals surface area contributed by atoms with E-state index in [4.69, 9.17) is 0 Å². The molecule has 0 aliphatic heterocycles. The predicted octanol–water partition coefficient (Wildman–Crippen LogP) is -3.80. The zero-order valence-corrected chi connectivity index (χ0v) is 19.8. The molecule has 0 aromatic rings. The molecular weight excluding hydrogens is 352 g/mol. The van der Waals surface area contributed by atoms with Crippen LogP contribution in [0.1, 0.15) is 39.5 Å². The Bertz CT molecular complexity index is 892. The molecule has 5 atom stereocenters. The van der Waals surface area contributed by atoms with E-state index in [0.29, 0.717) is 6.42 Å². The van der Waals surface area contributed by atoms with Gasteiger partial charge in [0.1, 0.15) is 72.3 Å². The molecule has 29 heavy (non-hydrogen) atoms. The lowest BCUT2D eigenvalue weighted by molar-refractivity contribution is -0.150. The molecule has 0 aromatic carbocycles. The topological polar surface area (TPSA) is 51.2 Å². The molecule has 0 heterocycles. The van der Waals surface area contributed by atoms with Crippen molar-refractivity contribution in [2.24, 2.45) is 28.6 Å². The Hall–Kier alpha value is -0.795. The molecule has 3 nitrogen and oxygen atoms in total. The highest BCUT2D eigenvalue weighted by Crippen LogP contribution is 2.71. The average molecular weight is 383 g/mol. The summed E-state index contributed by atoms with van der Waals surface area (Å²) in [5.41, 5.74) is 1.28. The summed E-state index contributed by atoms with van der Waals surface area (Å²) < 4.78 is 0. The maximum Gasteiger partial charge on any atom is 0.143 e. The van der Waals surface area contributed by atoms with Gasteiger partial charge in [-0.25, -0.2) is 0 Å². The number of hydrogen-bond donors (Lipinski definition) is 0. The fourth-order valence-electron chi connectivity index (χ4n) is 9.05. The van der Waals surface area contributed by atoms with E-state index in [1.54, 1.807) is 0 Å². The predicted molar refractivity (Wildman–Crippen MR) is 135 cm³/mol. The summed E-state index contributed by atoms with van der Waals surface area (Å²) in [6, 6.07) is 0. The van der Waals surface area contributed by atoms with Gasteiger partial charge >= 0.3 is 0 Å². The van der Waals surface area contributed by atoms with Crippen LogP contribution in [0, 0.1) is 28.6 Å². The molecule has 4 rings (SSSR count). The largest absolute Gasteiger partial charge is 0.300 e. The van der Waals surface area contributed by atoms with E-state index in [1.807, 2.05) is 23.5 Å². The lowest BCUT2D eigenvalue weighted by Gasteiger charge is -2.63. The van der Waals surface area contributed by atoms with Gasteiger partial charge in [0.25, 0.3) is 0 Å². The second-order valence-electron chi connectivity index (χ2n) is 13.1. The second-order valence-corrected chi connectivity index (χ2v) is 13.1. The third-order valence-corrected chi connectivity index (χ3v) is 9.34. The van der Waals surface area contributed by atoms with E-state index >= 15 is 0 Å². The van der Waals surface area contributed by atoms with Gasteiger partial charge < -0.3 is 4.79 Å². The molecule has 0 saturated heterocycles.